The van der Waals surface area contributed by atoms with E-state index in [1.807, 2.05) is 13.8 Å². The van der Waals surface area contributed by atoms with E-state index in [1.54, 1.807) is 6.07 Å². The van der Waals surface area contributed by atoms with Crippen LogP contribution in [0.15, 0.2) is 18.2 Å². The number of hydrogen-bond acceptors (Lipinski definition) is 2. The number of anilines is 1. The van der Waals surface area contributed by atoms with Crippen LogP contribution in [0.3, 0.4) is 0 Å². The molecule has 20 heavy (non-hydrogen) atoms. The Kier molecular flexibility index (Phi) is 5.80. The summed E-state index contributed by atoms with van der Waals surface area (Å²) in [4.78, 5) is 0.904. The van der Waals surface area contributed by atoms with Crippen LogP contribution in [0.2, 0.25) is 0 Å². The van der Waals surface area contributed by atoms with Gasteiger partial charge in [0.05, 0.1) is 5.69 Å². The molecule has 2 nitrogen and oxygen atoms in total. The molecule has 0 atom stereocenters. The first-order chi connectivity index (χ1) is 9.20. The third-order valence-corrected chi connectivity index (χ3v) is 2.74. The van der Waals surface area contributed by atoms with Gasteiger partial charge in [0.2, 0.25) is 0 Å². The molecule has 6 heteroatoms. The summed E-state index contributed by atoms with van der Waals surface area (Å²) in [7, 11) is 1.25. The lowest BCUT2D eigenvalue weighted by Crippen LogP contribution is -2.32. The maximum Gasteiger partial charge on any atom is 0.405 e. The number of rotatable bonds is 6. The number of para-hydroxylation sites is 1. The van der Waals surface area contributed by atoms with Crippen molar-refractivity contribution in [2.24, 2.45) is 5.92 Å². The molecule has 0 unspecified atom stereocenters. The Labute approximate surface area is 116 Å². The first kappa shape index (κ1) is 16.8. The number of benzene rings is 1. The van der Waals surface area contributed by atoms with Crippen LogP contribution >= 0.6 is 0 Å². The second-order valence-corrected chi connectivity index (χ2v) is 5.24. The highest BCUT2D eigenvalue weighted by molar-refractivity contribution is 5.54. The number of nitrogens with zero attached hydrogens (tertiary/aromatic N) is 1. The van der Waals surface area contributed by atoms with E-state index >= 15 is 0 Å². The topological polar surface area (TPSA) is 15.3 Å². The predicted octanol–water partition coefficient (Wildman–Crippen LogP) is 3.57. The second kappa shape index (κ2) is 6.92. The van der Waals surface area contributed by atoms with Crippen molar-refractivity contribution in [1.82, 2.24) is 5.32 Å². The van der Waals surface area contributed by atoms with Gasteiger partial charge in [0.1, 0.15) is 12.4 Å². The molecule has 0 bridgehead atoms. The van der Waals surface area contributed by atoms with Crippen LogP contribution in [-0.2, 0) is 6.54 Å². The summed E-state index contributed by atoms with van der Waals surface area (Å²) in [6.45, 7) is 3.93. The molecule has 0 heterocycles. The van der Waals surface area contributed by atoms with Crippen LogP contribution in [0.1, 0.15) is 19.4 Å². The number of nitrogens with one attached hydrogen (secondary N) is 1. The minimum absolute atomic E-state index is 0.00100. The highest BCUT2D eigenvalue weighted by Gasteiger charge is 2.30. The molecule has 0 aromatic heterocycles. The fourth-order valence-electron chi connectivity index (χ4n) is 1.97. The summed E-state index contributed by atoms with van der Waals surface area (Å²) >= 11 is 0. The van der Waals surface area contributed by atoms with Gasteiger partial charge in [0.25, 0.3) is 0 Å². The largest absolute Gasteiger partial charge is 0.405 e. The van der Waals surface area contributed by atoms with Crippen LogP contribution < -0.4 is 10.2 Å². The summed E-state index contributed by atoms with van der Waals surface area (Å²) in [5, 5.41) is 3.11. The molecule has 114 valence electrons. The van der Waals surface area contributed by atoms with E-state index in [0.717, 1.165) is 11.4 Å². The zero-order chi connectivity index (χ0) is 15.3. The molecular formula is C14H20F4N2. The summed E-state index contributed by atoms with van der Waals surface area (Å²) in [6.07, 6.45) is -4.36. The third kappa shape index (κ3) is 5.36. The van der Waals surface area contributed by atoms with Crippen molar-refractivity contribution in [2.75, 3.05) is 25.0 Å². The number of halogens is 4. The van der Waals surface area contributed by atoms with E-state index < -0.39 is 18.5 Å². The van der Waals surface area contributed by atoms with Crippen LogP contribution in [0.5, 0.6) is 0 Å². The standard InChI is InChI=1S/C14H20F4N2/c1-10(2)7-19-8-11-5-4-6-12(15)13(11)20(3)9-14(16,17)18/h4-6,10,19H,7-9H2,1-3H3. The van der Waals surface area contributed by atoms with Gasteiger partial charge >= 0.3 is 6.18 Å². The van der Waals surface area contributed by atoms with Crippen molar-refractivity contribution in [3.05, 3.63) is 29.6 Å². The molecule has 0 spiro atoms. The fraction of sp³-hybridized carbons (Fsp3) is 0.571. The molecule has 1 aromatic carbocycles. The van der Waals surface area contributed by atoms with E-state index in [9.17, 15) is 17.6 Å². The lowest BCUT2D eigenvalue weighted by molar-refractivity contribution is -0.119. The molecule has 0 aliphatic rings. The third-order valence-electron chi connectivity index (χ3n) is 2.74. The Morgan fingerprint density at radius 3 is 2.45 bits per heavy atom. The van der Waals surface area contributed by atoms with Crippen molar-refractivity contribution in [3.63, 3.8) is 0 Å². The van der Waals surface area contributed by atoms with Crippen LogP contribution in [-0.4, -0.2) is 26.3 Å². The summed E-state index contributed by atoms with van der Waals surface area (Å²) < 4.78 is 51.1. The van der Waals surface area contributed by atoms with Crippen molar-refractivity contribution in [1.29, 1.82) is 0 Å². The molecule has 1 N–H and O–H groups in total. The maximum atomic E-state index is 13.8. The molecule has 0 radical (unpaired) electrons. The Bertz CT molecular complexity index is 430. The Hall–Kier alpha value is -1.30. The van der Waals surface area contributed by atoms with E-state index in [-0.39, 0.29) is 5.69 Å². The van der Waals surface area contributed by atoms with Gasteiger partial charge in [-0.2, -0.15) is 13.2 Å². The summed E-state index contributed by atoms with van der Waals surface area (Å²) in [6, 6.07) is 4.32. The van der Waals surface area contributed by atoms with Gasteiger partial charge in [-0.3, -0.25) is 0 Å². The van der Waals surface area contributed by atoms with Gasteiger partial charge in [-0.05, 0) is 24.1 Å². The molecule has 0 saturated heterocycles. The van der Waals surface area contributed by atoms with Gasteiger partial charge < -0.3 is 10.2 Å². The average molecular weight is 292 g/mol. The van der Waals surface area contributed by atoms with E-state index in [2.05, 4.69) is 5.32 Å². The zero-order valence-electron chi connectivity index (χ0n) is 11.9. The minimum Gasteiger partial charge on any atom is -0.363 e. The highest BCUT2D eigenvalue weighted by Crippen LogP contribution is 2.27. The quantitative estimate of drug-likeness (QED) is 0.806. The normalized spacial score (nSPS) is 12.0. The molecule has 0 aliphatic carbocycles. The lowest BCUT2D eigenvalue weighted by Gasteiger charge is -2.24. The van der Waals surface area contributed by atoms with Crippen molar-refractivity contribution in [3.8, 4) is 0 Å². The lowest BCUT2D eigenvalue weighted by atomic mass is 10.1. The molecule has 1 aromatic rings. The Morgan fingerprint density at radius 1 is 1.25 bits per heavy atom. The molecule has 1 rings (SSSR count). The van der Waals surface area contributed by atoms with Crippen LogP contribution in [0.25, 0.3) is 0 Å². The van der Waals surface area contributed by atoms with Crippen LogP contribution in [0, 0.1) is 11.7 Å². The van der Waals surface area contributed by atoms with Gasteiger partial charge in [0, 0.05) is 13.6 Å². The SMILES string of the molecule is CC(C)CNCc1cccc(F)c1N(C)CC(F)(F)F. The molecule has 0 amide bonds. The predicted molar refractivity (Wildman–Crippen MR) is 72.3 cm³/mol. The number of alkyl halides is 3. The molecule has 0 aliphatic heterocycles. The minimum atomic E-state index is -4.36. The monoisotopic (exact) mass is 292 g/mol. The van der Waals surface area contributed by atoms with Gasteiger partial charge in [0.15, 0.2) is 0 Å². The van der Waals surface area contributed by atoms with E-state index in [4.69, 9.17) is 0 Å². The van der Waals surface area contributed by atoms with Crippen molar-refractivity contribution in [2.45, 2.75) is 26.6 Å². The average Bonchev–Trinajstić information content (AvgIpc) is 2.25. The highest BCUT2D eigenvalue weighted by atomic mass is 19.4. The van der Waals surface area contributed by atoms with Crippen molar-refractivity contribution >= 4 is 5.69 Å². The van der Waals surface area contributed by atoms with Gasteiger partial charge in [-0.1, -0.05) is 26.0 Å². The van der Waals surface area contributed by atoms with Crippen molar-refractivity contribution < 1.29 is 17.6 Å². The smallest absolute Gasteiger partial charge is 0.363 e. The molecule has 0 fully saturated rings. The van der Waals surface area contributed by atoms with Gasteiger partial charge in [-0.15, -0.1) is 0 Å². The molecular weight excluding hydrogens is 272 g/mol. The van der Waals surface area contributed by atoms with E-state index in [0.29, 0.717) is 18.0 Å². The van der Waals surface area contributed by atoms with Gasteiger partial charge in [-0.25, -0.2) is 4.39 Å². The first-order valence-corrected chi connectivity index (χ1v) is 6.46. The van der Waals surface area contributed by atoms with Crippen LogP contribution in [0.4, 0.5) is 23.2 Å². The summed E-state index contributed by atoms with van der Waals surface area (Å²) in [5.74, 6) is -0.222. The Balaban J connectivity index is 2.87. The zero-order valence-corrected chi connectivity index (χ0v) is 11.9. The molecule has 0 saturated carbocycles. The Morgan fingerprint density at radius 2 is 1.90 bits per heavy atom. The number of hydrogen-bond donors (Lipinski definition) is 1. The fourth-order valence-corrected chi connectivity index (χ4v) is 1.97. The summed E-state index contributed by atoms with van der Waals surface area (Å²) in [5.41, 5.74) is 0.526. The second-order valence-electron chi connectivity index (χ2n) is 5.24. The first-order valence-electron chi connectivity index (χ1n) is 6.46. The maximum absolute atomic E-state index is 13.8. The van der Waals surface area contributed by atoms with E-state index in [1.165, 1.54) is 19.2 Å².